The van der Waals surface area contributed by atoms with Crippen LogP contribution in [-0.4, -0.2) is 37.6 Å². The average molecular weight is 182 g/mol. The van der Waals surface area contributed by atoms with Gasteiger partial charge in [-0.15, -0.1) is 6.58 Å². The summed E-state index contributed by atoms with van der Waals surface area (Å²) in [5, 5.41) is 3.39. The van der Waals surface area contributed by atoms with Crippen LogP contribution in [0.15, 0.2) is 12.2 Å². The molecule has 0 aromatic carbocycles. The van der Waals surface area contributed by atoms with Crippen molar-refractivity contribution in [1.82, 2.24) is 10.2 Å². The molecule has 0 saturated carbocycles. The molecule has 76 valence electrons. The van der Waals surface area contributed by atoms with E-state index in [9.17, 15) is 0 Å². The highest BCUT2D eigenvalue weighted by atomic mass is 15.1. The lowest BCUT2D eigenvalue weighted by Gasteiger charge is -2.31. The molecule has 0 atom stereocenters. The van der Waals surface area contributed by atoms with E-state index in [1.807, 2.05) is 0 Å². The molecule has 1 aliphatic heterocycles. The maximum atomic E-state index is 3.93. The van der Waals surface area contributed by atoms with Gasteiger partial charge >= 0.3 is 0 Å². The summed E-state index contributed by atoms with van der Waals surface area (Å²) in [7, 11) is 2.24. The molecule has 0 aromatic rings. The van der Waals surface area contributed by atoms with Crippen molar-refractivity contribution >= 4 is 0 Å². The highest BCUT2D eigenvalue weighted by Crippen LogP contribution is 2.11. The molecule has 1 fully saturated rings. The van der Waals surface area contributed by atoms with Crippen molar-refractivity contribution in [3.63, 3.8) is 0 Å². The van der Waals surface area contributed by atoms with Gasteiger partial charge in [-0.3, -0.25) is 0 Å². The largest absolute Gasteiger partial charge is 0.317 e. The molecule has 13 heavy (non-hydrogen) atoms. The van der Waals surface area contributed by atoms with Gasteiger partial charge in [0.15, 0.2) is 0 Å². The van der Waals surface area contributed by atoms with E-state index in [-0.39, 0.29) is 0 Å². The van der Waals surface area contributed by atoms with Crippen molar-refractivity contribution in [1.29, 1.82) is 0 Å². The van der Waals surface area contributed by atoms with Gasteiger partial charge in [0, 0.05) is 12.6 Å². The molecule has 0 aliphatic carbocycles. The Balaban J connectivity index is 2.20. The maximum absolute atomic E-state index is 3.93. The zero-order valence-electron chi connectivity index (χ0n) is 8.97. The summed E-state index contributed by atoms with van der Waals surface area (Å²) in [5.41, 5.74) is 1.29. The molecule has 0 unspecified atom stereocenters. The van der Waals surface area contributed by atoms with Crippen LogP contribution < -0.4 is 5.32 Å². The number of nitrogens with one attached hydrogen (secondary N) is 1. The molecule has 1 N–H and O–H groups in total. The molecule has 0 bridgehead atoms. The minimum atomic E-state index is 0.792. The van der Waals surface area contributed by atoms with Gasteiger partial charge in [-0.05, 0) is 46.3 Å². The van der Waals surface area contributed by atoms with Gasteiger partial charge in [0.25, 0.3) is 0 Å². The Morgan fingerprint density at radius 1 is 1.46 bits per heavy atom. The second-order valence-electron chi connectivity index (χ2n) is 4.17. The summed E-state index contributed by atoms with van der Waals surface area (Å²) in [6.07, 6.45) is 3.74. The van der Waals surface area contributed by atoms with E-state index in [1.54, 1.807) is 0 Å². The average Bonchev–Trinajstić information content (AvgIpc) is 2.15. The third-order valence-corrected chi connectivity index (χ3v) is 2.82. The van der Waals surface area contributed by atoms with E-state index < -0.39 is 0 Å². The Bertz CT molecular complexity index is 159. The van der Waals surface area contributed by atoms with Crippen molar-refractivity contribution in [3.8, 4) is 0 Å². The predicted octanol–water partition coefficient (Wildman–Crippen LogP) is 1.64. The van der Waals surface area contributed by atoms with Crippen LogP contribution in [0, 0.1) is 0 Å². The van der Waals surface area contributed by atoms with E-state index in [0.717, 1.165) is 12.5 Å². The Labute approximate surface area is 82.0 Å². The highest BCUT2D eigenvalue weighted by molar-refractivity contribution is 4.89. The third-order valence-electron chi connectivity index (χ3n) is 2.82. The highest BCUT2D eigenvalue weighted by Gasteiger charge is 2.16. The van der Waals surface area contributed by atoms with Crippen LogP contribution in [0.2, 0.25) is 0 Å². The summed E-state index contributed by atoms with van der Waals surface area (Å²) >= 11 is 0. The zero-order valence-corrected chi connectivity index (χ0v) is 8.97. The first-order valence-electron chi connectivity index (χ1n) is 5.25. The van der Waals surface area contributed by atoms with E-state index >= 15 is 0 Å². The fourth-order valence-electron chi connectivity index (χ4n) is 1.80. The molecule has 2 heteroatoms. The first-order chi connectivity index (χ1) is 6.20. The Morgan fingerprint density at radius 2 is 2.08 bits per heavy atom. The first kappa shape index (κ1) is 10.7. The van der Waals surface area contributed by atoms with Crippen molar-refractivity contribution in [2.75, 3.05) is 26.7 Å². The summed E-state index contributed by atoms with van der Waals surface area (Å²) in [5.74, 6) is 0. The monoisotopic (exact) mass is 182 g/mol. The molecule has 0 amide bonds. The lowest BCUT2D eigenvalue weighted by molar-refractivity contribution is 0.201. The summed E-state index contributed by atoms with van der Waals surface area (Å²) in [6, 6.07) is 0.792. The van der Waals surface area contributed by atoms with Crippen LogP contribution in [0.3, 0.4) is 0 Å². The molecule has 1 rings (SSSR count). The number of hydrogen-bond acceptors (Lipinski definition) is 2. The fourth-order valence-corrected chi connectivity index (χ4v) is 1.80. The molecule has 0 spiro atoms. The summed E-state index contributed by atoms with van der Waals surface area (Å²) in [4.78, 5) is 2.48. The van der Waals surface area contributed by atoms with Gasteiger partial charge in [-0.25, -0.2) is 0 Å². The fraction of sp³-hybridized carbons (Fsp3) is 0.818. The van der Waals surface area contributed by atoms with E-state index in [4.69, 9.17) is 0 Å². The third kappa shape index (κ3) is 3.92. The lowest BCUT2D eigenvalue weighted by Crippen LogP contribution is -2.41. The molecule has 0 radical (unpaired) electrons. The minimum absolute atomic E-state index is 0.792. The zero-order chi connectivity index (χ0) is 9.68. The van der Waals surface area contributed by atoms with Crippen LogP contribution in [0.5, 0.6) is 0 Å². The normalized spacial score (nSPS) is 19.3. The molecule has 1 saturated heterocycles. The summed E-state index contributed by atoms with van der Waals surface area (Å²) < 4.78 is 0. The van der Waals surface area contributed by atoms with Gasteiger partial charge < -0.3 is 10.2 Å². The quantitative estimate of drug-likeness (QED) is 0.665. The Morgan fingerprint density at radius 3 is 2.62 bits per heavy atom. The van der Waals surface area contributed by atoms with E-state index in [2.05, 4.69) is 30.8 Å². The number of hydrogen-bond donors (Lipinski definition) is 1. The van der Waals surface area contributed by atoms with E-state index in [0.29, 0.717) is 0 Å². The van der Waals surface area contributed by atoms with Crippen LogP contribution in [0.25, 0.3) is 0 Å². The first-order valence-corrected chi connectivity index (χ1v) is 5.25. The molecule has 1 aliphatic rings. The van der Waals surface area contributed by atoms with E-state index in [1.165, 1.54) is 38.0 Å². The SMILES string of the molecule is C=C(C)CCN(C)C1CCNCC1. The molecular weight excluding hydrogens is 160 g/mol. The van der Waals surface area contributed by atoms with Crippen LogP contribution in [0.4, 0.5) is 0 Å². The van der Waals surface area contributed by atoms with Gasteiger partial charge in [0.1, 0.15) is 0 Å². The number of nitrogens with zero attached hydrogens (tertiary/aromatic N) is 1. The van der Waals surface area contributed by atoms with Crippen molar-refractivity contribution < 1.29 is 0 Å². The topological polar surface area (TPSA) is 15.3 Å². The maximum Gasteiger partial charge on any atom is 0.0116 e. The standard InChI is InChI=1S/C11H22N2/c1-10(2)6-9-13(3)11-4-7-12-8-5-11/h11-12H,1,4-9H2,2-3H3. The Hall–Kier alpha value is -0.340. The van der Waals surface area contributed by atoms with Gasteiger partial charge in [0.05, 0.1) is 0 Å². The van der Waals surface area contributed by atoms with Gasteiger partial charge in [0.2, 0.25) is 0 Å². The predicted molar refractivity (Wildman–Crippen MR) is 58.0 cm³/mol. The van der Waals surface area contributed by atoms with Crippen LogP contribution in [0.1, 0.15) is 26.2 Å². The van der Waals surface area contributed by atoms with Gasteiger partial charge in [-0.2, -0.15) is 0 Å². The van der Waals surface area contributed by atoms with Crippen molar-refractivity contribution in [3.05, 3.63) is 12.2 Å². The number of rotatable bonds is 4. The second-order valence-corrected chi connectivity index (χ2v) is 4.17. The molecule has 1 heterocycles. The van der Waals surface area contributed by atoms with Crippen molar-refractivity contribution in [2.45, 2.75) is 32.2 Å². The summed E-state index contributed by atoms with van der Waals surface area (Å²) in [6.45, 7) is 9.57. The lowest BCUT2D eigenvalue weighted by atomic mass is 10.0. The minimum Gasteiger partial charge on any atom is -0.317 e. The molecular formula is C11H22N2. The number of piperidine rings is 1. The Kier molecular flexibility index (Phi) is 4.46. The molecule has 2 nitrogen and oxygen atoms in total. The smallest absolute Gasteiger partial charge is 0.0116 e. The molecule has 0 aromatic heterocycles. The van der Waals surface area contributed by atoms with Crippen molar-refractivity contribution in [2.24, 2.45) is 0 Å². The van der Waals surface area contributed by atoms with Gasteiger partial charge in [-0.1, -0.05) is 5.57 Å². The second kappa shape index (κ2) is 5.40. The van der Waals surface area contributed by atoms with Crippen LogP contribution in [-0.2, 0) is 0 Å². The van der Waals surface area contributed by atoms with Crippen LogP contribution >= 0.6 is 0 Å².